The Kier molecular flexibility index (Phi) is 8.25. The van der Waals surface area contributed by atoms with Gasteiger partial charge in [-0.05, 0) is 53.8 Å². The Hall–Kier alpha value is -3.77. The highest BCUT2D eigenvalue weighted by atomic mass is 35.5. The molecule has 3 aromatic carbocycles. The molecule has 42 heavy (non-hydrogen) atoms. The van der Waals surface area contributed by atoms with Gasteiger partial charge in [0, 0.05) is 22.9 Å². The maximum atomic E-state index is 13.0. The van der Waals surface area contributed by atoms with E-state index in [-0.39, 0.29) is 12.7 Å². The van der Waals surface area contributed by atoms with E-state index in [0.29, 0.717) is 39.6 Å². The van der Waals surface area contributed by atoms with Crippen LogP contribution in [0, 0.1) is 0 Å². The van der Waals surface area contributed by atoms with E-state index < -0.39 is 5.41 Å². The molecule has 3 heterocycles. The van der Waals surface area contributed by atoms with E-state index in [9.17, 15) is 4.79 Å². The van der Waals surface area contributed by atoms with Gasteiger partial charge in [0.25, 0.3) is 0 Å². The summed E-state index contributed by atoms with van der Waals surface area (Å²) in [6.45, 7) is 0.219. The van der Waals surface area contributed by atoms with Crippen molar-refractivity contribution in [3.05, 3.63) is 103 Å². The molecular formula is C29H24Cl2N6O3S2. The van der Waals surface area contributed by atoms with E-state index in [0.717, 1.165) is 44.6 Å². The van der Waals surface area contributed by atoms with Crippen LogP contribution < -0.4 is 20.5 Å². The number of halogens is 2. The largest absolute Gasteiger partial charge is 0.454 e. The Labute approximate surface area is 259 Å². The van der Waals surface area contributed by atoms with E-state index in [1.54, 1.807) is 0 Å². The minimum atomic E-state index is -0.532. The summed E-state index contributed by atoms with van der Waals surface area (Å²) in [7, 11) is 0. The number of rotatable bonds is 7. The van der Waals surface area contributed by atoms with E-state index in [1.165, 1.54) is 22.7 Å². The third kappa shape index (κ3) is 6.34. The summed E-state index contributed by atoms with van der Waals surface area (Å²) in [5, 5.41) is 23.1. The first-order chi connectivity index (χ1) is 20.4. The van der Waals surface area contributed by atoms with Crippen molar-refractivity contribution >= 4 is 62.0 Å². The second-order valence-electron chi connectivity index (χ2n) is 9.68. The van der Waals surface area contributed by atoms with Crippen LogP contribution in [-0.2, 0) is 23.1 Å². The van der Waals surface area contributed by atoms with Crippen molar-refractivity contribution in [3.63, 3.8) is 0 Å². The number of fused-ring (bicyclic) bond motifs is 1. The van der Waals surface area contributed by atoms with Crippen LogP contribution in [0.15, 0.2) is 66.7 Å². The van der Waals surface area contributed by atoms with Gasteiger partial charge in [0.15, 0.2) is 11.5 Å². The normalized spacial score (nSPS) is 14.1. The van der Waals surface area contributed by atoms with Gasteiger partial charge in [0.1, 0.15) is 10.0 Å². The average molecular weight is 640 g/mol. The zero-order valence-electron chi connectivity index (χ0n) is 22.0. The molecule has 1 saturated carbocycles. The minimum Gasteiger partial charge on any atom is -0.454 e. The van der Waals surface area contributed by atoms with E-state index in [4.69, 9.17) is 38.4 Å². The number of nitrogens with zero attached hydrogens (tertiary/aromatic N) is 4. The number of nitrogens with two attached hydrogens (primary N) is 1. The fraction of sp³-hybridized carbons (Fsp3) is 0.207. The van der Waals surface area contributed by atoms with Crippen LogP contribution >= 0.6 is 45.9 Å². The van der Waals surface area contributed by atoms with Gasteiger partial charge >= 0.3 is 0 Å². The fourth-order valence-electron chi connectivity index (χ4n) is 4.51. The number of anilines is 2. The highest BCUT2D eigenvalue weighted by molar-refractivity contribution is 7.15. The van der Waals surface area contributed by atoms with E-state index in [1.807, 2.05) is 66.7 Å². The molecule has 0 atom stereocenters. The first-order valence-electron chi connectivity index (χ1n) is 13.0. The third-order valence-electron chi connectivity index (χ3n) is 6.88. The molecule has 2 aromatic heterocycles. The molecule has 1 aliphatic heterocycles. The Morgan fingerprint density at radius 3 is 2.07 bits per heavy atom. The number of amides is 1. The number of ether oxygens (including phenoxy) is 2. The van der Waals surface area contributed by atoms with E-state index >= 15 is 0 Å². The zero-order valence-corrected chi connectivity index (χ0v) is 25.2. The van der Waals surface area contributed by atoms with Crippen molar-refractivity contribution < 1.29 is 14.3 Å². The maximum absolute atomic E-state index is 13.0. The number of hydrogen-bond acceptors (Lipinski definition) is 10. The smallest absolute Gasteiger partial charge is 0.236 e. The van der Waals surface area contributed by atoms with Gasteiger partial charge < -0.3 is 15.2 Å². The molecule has 2 aliphatic rings. The molecule has 1 fully saturated rings. The summed E-state index contributed by atoms with van der Waals surface area (Å²) in [6.07, 6.45) is 2.86. The highest BCUT2D eigenvalue weighted by Gasteiger charge is 2.52. The first-order valence-corrected chi connectivity index (χ1v) is 15.4. The topological polar surface area (TPSA) is 125 Å². The molecule has 13 heteroatoms. The SMILES string of the molecule is Nc1nnc(Cc2ccccc2Cl)s1.O=C(Nc1nnc(Cc2ccccc2Cl)s1)C1(c2ccc3c(c2)OCO3)CC1. The molecule has 0 bridgehead atoms. The summed E-state index contributed by atoms with van der Waals surface area (Å²) < 4.78 is 10.8. The second-order valence-corrected chi connectivity index (χ2v) is 12.6. The summed E-state index contributed by atoms with van der Waals surface area (Å²) in [6, 6.07) is 21.0. The maximum Gasteiger partial charge on any atom is 0.236 e. The van der Waals surface area contributed by atoms with Gasteiger partial charge in [-0.3, -0.25) is 10.1 Å². The molecule has 1 amide bonds. The van der Waals surface area contributed by atoms with Gasteiger partial charge in [0.05, 0.1) is 5.41 Å². The van der Waals surface area contributed by atoms with E-state index in [2.05, 4.69) is 25.7 Å². The lowest BCUT2D eigenvalue weighted by atomic mass is 9.94. The lowest BCUT2D eigenvalue weighted by molar-refractivity contribution is -0.118. The van der Waals surface area contributed by atoms with Gasteiger partial charge in [-0.25, -0.2) is 0 Å². The molecule has 3 N–H and O–H groups in total. The number of nitrogens with one attached hydrogen (secondary N) is 1. The zero-order chi connectivity index (χ0) is 29.1. The van der Waals surface area contributed by atoms with Crippen LogP contribution in [0.5, 0.6) is 11.5 Å². The highest BCUT2D eigenvalue weighted by Crippen LogP contribution is 2.51. The van der Waals surface area contributed by atoms with Crippen LogP contribution in [0.25, 0.3) is 0 Å². The summed E-state index contributed by atoms with van der Waals surface area (Å²) >= 11 is 15.0. The third-order valence-corrected chi connectivity index (χ3v) is 9.21. The molecule has 9 nitrogen and oxygen atoms in total. The summed E-state index contributed by atoms with van der Waals surface area (Å²) in [5.74, 6) is 1.34. The molecule has 1 aliphatic carbocycles. The van der Waals surface area contributed by atoms with Crippen LogP contribution in [-0.4, -0.2) is 33.1 Å². The molecule has 0 saturated heterocycles. The number of benzene rings is 3. The van der Waals surface area contributed by atoms with Crippen molar-refractivity contribution in [1.29, 1.82) is 0 Å². The van der Waals surface area contributed by atoms with Crippen molar-refractivity contribution in [2.24, 2.45) is 0 Å². The Morgan fingerprint density at radius 2 is 1.45 bits per heavy atom. The predicted molar refractivity (Wildman–Crippen MR) is 165 cm³/mol. The molecular weight excluding hydrogens is 615 g/mol. The quantitative estimate of drug-likeness (QED) is 0.206. The van der Waals surface area contributed by atoms with Gasteiger partial charge in [0.2, 0.25) is 23.0 Å². The monoisotopic (exact) mass is 638 g/mol. The van der Waals surface area contributed by atoms with Gasteiger partial charge in [-0.1, -0.05) is 88.3 Å². The first kappa shape index (κ1) is 28.4. The molecule has 0 unspecified atom stereocenters. The van der Waals surface area contributed by atoms with Crippen LogP contribution in [0.4, 0.5) is 10.3 Å². The molecule has 0 spiro atoms. The minimum absolute atomic E-state index is 0.0631. The standard InChI is InChI=1S/C20H16ClN3O3S.C9H8ClN3S/c21-14-4-2-1-3-12(14)9-17-23-24-19(28-17)22-18(25)20(7-8-20)13-5-6-15-16(10-13)27-11-26-15;10-7-4-2-1-3-6(7)5-8-12-13-9(11)14-8/h1-6,10H,7-9,11H2,(H,22,24,25);1-4H,5H2,(H2,11,13). The number of nitrogen functional groups attached to an aromatic ring is 1. The van der Waals surface area contributed by atoms with Gasteiger partial charge in [-0.15, -0.1) is 20.4 Å². The van der Waals surface area contributed by atoms with Crippen LogP contribution in [0.3, 0.4) is 0 Å². The second kappa shape index (κ2) is 12.2. The number of hydrogen-bond donors (Lipinski definition) is 2. The van der Waals surface area contributed by atoms with Crippen molar-refractivity contribution in [3.8, 4) is 11.5 Å². The fourth-order valence-corrected chi connectivity index (χ4v) is 6.30. The summed E-state index contributed by atoms with van der Waals surface area (Å²) in [5.41, 5.74) is 7.92. The summed E-state index contributed by atoms with van der Waals surface area (Å²) in [4.78, 5) is 13.0. The average Bonchev–Trinajstić information content (AvgIpc) is 3.25. The van der Waals surface area contributed by atoms with Crippen LogP contribution in [0.1, 0.15) is 39.5 Å². The number of carbonyl (C=O) groups excluding carboxylic acids is 1. The number of carbonyl (C=O) groups is 1. The molecule has 7 rings (SSSR count). The lowest BCUT2D eigenvalue weighted by Crippen LogP contribution is -2.27. The Bertz CT molecular complexity index is 1740. The van der Waals surface area contributed by atoms with Crippen molar-refractivity contribution in [2.45, 2.75) is 31.1 Å². The van der Waals surface area contributed by atoms with Crippen molar-refractivity contribution in [2.75, 3.05) is 17.8 Å². The molecule has 0 radical (unpaired) electrons. The van der Waals surface area contributed by atoms with Crippen molar-refractivity contribution in [1.82, 2.24) is 20.4 Å². The Morgan fingerprint density at radius 1 is 0.833 bits per heavy atom. The predicted octanol–water partition coefficient (Wildman–Crippen LogP) is 6.55. The Balaban J connectivity index is 0.000000189. The van der Waals surface area contributed by atoms with Crippen LogP contribution in [0.2, 0.25) is 10.0 Å². The lowest BCUT2D eigenvalue weighted by Gasteiger charge is -2.14. The molecule has 5 aromatic rings. The number of aromatic nitrogens is 4. The molecule has 214 valence electrons. The van der Waals surface area contributed by atoms with Gasteiger partial charge in [-0.2, -0.15) is 0 Å².